The number of ether oxygens (including phenoxy) is 2. The van der Waals surface area contributed by atoms with Crippen LogP contribution in [0.5, 0.6) is 11.5 Å². The summed E-state index contributed by atoms with van der Waals surface area (Å²) in [6, 6.07) is 12.9. The molecule has 1 atom stereocenters. The maximum Gasteiger partial charge on any atom is 0.251 e. The molecule has 1 aliphatic heterocycles. The van der Waals surface area contributed by atoms with Gasteiger partial charge >= 0.3 is 0 Å². The summed E-state index contributed by atoms with van der Waals surface area (Å²) < 4.78 is 24.3. The van der Waals surface area contributed by atoms with E-state index in [9.17, 15) is 9.18 Å². The normalized spacial score (nSPS) is 16.3. The number of fused-ring (bicyclic) bond motifs is 1. The third-order valence-electron chi connectivity index (χ3n) is 3.14. The van der Waals surface area contributed by atoms with E-state index in [-0.39, 0.29) is 17.6 Å². The number of amides is 1. The van der Waals surface area contributed by atoms with Gasteiger partial charge in [0.25, 0.3) is 5.91 Å². The molecule has 1 aliphatic rings. The second kappa shape index (κ2) is 5.83. The Hall–Kier alpha value is -2.56. The van der Waals surface area contributed by atoms with E-state index in [0.29, 0.717) is 24.7 Å². The Balaban J connectivity index is 1.58. The fourth-order valence-corrected chi connectivity index (χ4v) is 2.10. The van der Waals surface area contributed by atoms with Crippen LogP contribution < -0.4 is 14.8 Å². The van der Waals surface area contributed by atoms with E-state index in [1.165, 1.54) is 18.2 Å². The molecule has 0 aromatic heterocycles. The maximum atomic E-state index is 13.1. The van der Waals surface area contributed by atoms with Crippen molar-refractivity contribution in [2.24, 2.45) is 0 Å². The average Bonchev–Trinajstić information content (AvgIpc) is 2.52. The lowest BCUT2D eigenvalue weighted by molar-refractivity contribution is 0.0789. The first-order chi connectivity index (χ1) is 10.2. The summed E-state index contributed by atoms with van der Waals surface area (Å²) in [5.41, 5.74) is 0.284. The molecule has 0 fully saturated rings. The molecule has 5 heteroatoms. The third-order valence-corrected chi connectivity index (χ3v) is 3.14. The van der Waals surface area contributed by atoms with Gasteiger partial charge in [-0.2, -0.15) is 0 Å². The van der Waals surface area contributed by atoms with Crippen LogP contribution in [0.2, 0.25) is 0 Å². The van der Waals surface area contributed by atoms with Crippen molar-refractivity contribution >= 4 is 5.91 Å². The number of carbonyl (C=O) groups is 1. The number of benzene rings is 2. The predicted molar refractivity (Wildman–Crippen MR) is 75.1 cm³/mol. The molecule has 1 heterocycles. The average molecular weight is 287 g/mol. The Morgan fingerprint density at radius 2 is 2.00 bits per heavy atom. The zero-order valence-corrected chi connectivity index (χ0v) is 11.2. The molecule has 0 aliphatic carbocycles. The van der Waals surface area contributed by atoms with Gasteiger partial charge in [-0.1, -0.05) is 18.2 Å². The van der Waals surface area contributed by atoms with Crippen LogP contribution in [0.15, 0.2) is 48.5 Å². The minimum absolute atomic E-state index is 0.266. The monoisotopic (exact) mass is 287 g/mol. The second-order valence-corrected chi connectivity index (χ2v) is 4.72. The summed E-state index contributed by atoms with van der Waals surface area (Å²) in [4.78, 5) is 11.9. The highest BCUT2D eigenvalue weighted by Gasteiger charge is 2.21. The third kappa shape index (κ3) is 3.13. The summed E-state index contributed by atoms with van der Waals surface area (Å²) >= 11 is 0. The number of nitrogens with one attached hydrogen (secondary N) is 1. The molecule has 0 saturated carbocycles. The molecule has 4 nitrogen and oxygen atoms in total. The largest absolute Gasteiger partial charge is 0.486 e. The fraction of sp³-hybridized carbons (Fsp3) is 0.188. The first-order valence-corrected chi connectivity index (χ1v) is 6.64. The number of rotatable bonds is 3. The molecular formula is C16H14FNO3. The van der Waals surface area contributed by atoms with Crippen LogP contribution in [0.4, 0.5) is 4.39 Å². The van der Waals surface area contributed by atoms with Gasteiger partial charge in [-0.25, -0.2) is 4.39 Å². The van der Waals surface area contributed by atoms with Crippen molar-refractivity contribution in [3.05, 3.63) is 59.9 Å². The molecule has 0 bridgehead atoms. The lowest BCUT2D eigenvalue weighted by Gasteiger charge is -2.26. The first kappa shape index (κ1) is 13.4. The van der Waals surface area contributed by atoms with Crippen LogP contribution in [0.25, 0.3) is 0 Å². The van der Waals surface area contributed by atoms with E-state index >= 15 is 0 Å². The SMILES string of the molecule is O=C(NCC1COc2ccccc2O1)c1cccc(F)c1. The van der Waals surface area contributed by atoms with Gasteiger partial charge in [0.05, 0.1) is 6.54 Å². The standard InChI is InChI=1S/C16H14FNO3/c17-12-5-3-4-11(8-12)16(19)18-9-13-10-20-14-6-1-2-7-15(14)21-13/h1-8,13H,9-10H2,(H,18,19). The van der Waals surface area contributed by atoms with Crippen LogP contribution >= 0.6 is 0 Å². The number of para-hydroxylation sites is 2. The quantitative estimate of drug-likeness (QED) is 0.943. The van der Waals surface area contributed by atoms with E-state index in [1.54, 1.807) is 6.07 Å². The first-order valence-electron chi connectivity index (χ1n) is 6.64. The molecule has 2 aromatic carbocycles. The minimum Gasteiger partial charge on any atom is -0.486 e. The molecule has 0 radical (unpaired) electrons. The summed E-state index contributed by atoms with van der Waals surface area (Å²) in [5, 5.41) is 2.72. The van der Waals surface area contributed by atoms with Crippen molar-refractivity contribution in [2.75, 3.05) is 13.2 Å². The number of halogens is 1. The zero-order valence-electron chi connectivity index (χ0n) is 11.2. The molecule has 0 saturated heterocycles. The number of carbonyl (C=O) groups excluding carboxylic acids is 1. The van der Waals surface area contributed by atoms with Gasteiger partial charge < -0.3 is 14.8 Å². The van der Waals surface area contributed by atoms with E-state index in [1.807, 2.05) is 24.3 Å². The van der Waals surface area contributed by atoms with Gasteiger partial charge in [0.2, 0.25) is 0 Å². The highest BCUT2D eigenvalue weighted by atomic mass is 19.1. The molecule has 2 aromatic rings. The van der Waals surface area contributed by atoms with Crippen molar-refractivity contribution in [3.63, 3.8) is 0 Å². The van der Waals surface area contributed by atoms with Crippen molar-refractivity contribution in [3.8, 4) is 11.5 Å². The minimum atomic E-state index is -0.436. The molecule has 1 N–H and O–H groups in total. The molecule has 21 heavy (non-hydrogen) atoms. The lowest BCUT2D eigenvalue weighted by Crippen LogP contribution is -2.40. The second-order valence-electron chi connectivity index (χ2n) is 4.72. The van der Waals surface area contributed by atoms with E-state index < -0.39 is 5.82 Å². The smallest absolute Gasteiger partial charge is 0.251 e. The highest BCUT2D eigenvalue weighted by Crippen LogP contribution is 2.30. The molecular weight excluding hydrogens is 273 g/mol. The lowest BCUT2D eigenvalue weighted by atomic mass is 10.2. The Morgan fingerprint density at radius 3 is 2.81 bits per heavy atom. The van der Waals surface area contributed by atoms with Gasteiger partial charge in [0.15, 0.2) is 11.5 Å². The number of hydrogen-bond acceptors (Lipinski definition) is 3. The number of hydrogen-bond donors (Lipinski definition) is 1. The predicted octanol–water partition coefficient (Wildman–Crippen LogP) is 2.40. The van der Waals surface area contributed by atoms with Gasteiger partial charge in [-0.3, -0.25) is 4.79 Å². The summed E-state index contributed by atoms with van der Waals surface area (Å²) in [7, 11) is 0. The molecule has 0 spiro atoms. The zero-order chi connectivity index (χ0) is 14.7. The maximum absolute atomic E-state index is 13.1. The van der Waals surface area contributed by atoms with Crippen LogP contribution in [-0.2, 0) is 0 Å². The van der Waals surface area contributed by atoms with Gasteiger partial charge in [0, 0.05) is 5.56 Å². The molecule has 108 valence electrons. The van der Waals surface area contributed by atoms with E-state index in [0.717, 1.165) is 0 Å². The van der Waals surface area contributed by atoms with Crippen molar-refractivity contribution in [1.82, 2.24) is 5.32 Å². The molecule has 1 amide bonds. The summed E-state index contributed by atoms with van der Waals surface area (Å²) in [5.74, 6) is 0.588. The Labute approximate surface area is 121 Å². The fourth-order valence-electron chi connectivity index (χ4n) is 2.10. The Morgan fingerprint density at radius 1 is 1.19 bits per heavy atom. The van der Waals surface area contributed by atoms with Crippen molar-refractivity contribution in [2.45, 2.75) is 6.10 Å². The molecule has 3 rings (SSSR count). The Bertz CT molecular complexity index is 659. The molecule has 1 unspecified atom stereocenters. The van der Waals surface area contributed by atoms with Gasteiger partial charge in [-0.15, -0.1) is 0 Å². The van der Waals surface area contributed by atoms with Crippen molar-refractivity contribution < 1.29 is 18.7 Å². The van der Waals surface area contributed by atoms with Crippen LogP contribution in [0.3, 0.4) is 0 Å². The van der Waals surface area contributed by atoms with Crippen LogP contribution in [0.1, 0.15) is 10.4 Å². The highest BCUT2D eigenvalue weighted by molar-refractivity contribution is 5.94. The van der Waals surface area contributed by atoms with E-state index in [2.05, 4.69) is 5.32 Å². The van der Waals surface area contributed by atoms with Gasteiger partial charge in [0.1, 0.15) is 18.5 Å². The van der Waals surface area contributed by atoms with Gasteiger partial charge in [-0.05, 0) is 30.3 Å². The van der Waals surface area contributed by atoms with Crippen molar-refractivity contribution in [1.29, 1.82) is 0 Å². The Kier molecular flexibility index (Phi) is 3.73. The van der Waals surface area contributed by atoms with E-state index in [4.69, 9.17) is 9.47 Å². The van der Waals surface area contributed by atoms with Crippen LogP contribution in [-0.4, -0.2) is 25.2 Å². The summed E-state index contributed by atoms with van der Waals surface area (Å²) in [6.07, 6.45) is -0.266. The van der Waals surface area contributed by atoms with Crippen LogP contribution in [0, 0.1) is 5.82 Å². The summed E-state index contributed by atoms with van der Waals surface area (Å²) in [6.45, 7) is 0.657. The topological polar surface area (TPSA) is 47.6 Å².